The van der Waals surface area contributed by atoms with Crippen molar-refractivity contribution in [3.8, 4) is 0 Å². The molecule has 2 aromatic carbocycles. The smallest absolute Gasteiger partial charge is 0.225 e. The number of amides is 1. The van der Waals surface area contributed by atoms with Crippen LogP contribution in [0.2, 0.25) is 0 Å². The molecular formula is C25H30ClF2N5O. The molecule has 0 aliphatic heterocycles. The van der Waals surface area contributed by atoms with E-state index in [1.54, 1.807) is 0 Å². The van der Waals surface area contributed by atoms with E-state index >= 15 is 0 Å². The first-order valence-electron chi connectivity index (χ1n) is 11.3. The van der Waals surface area contributed by atoms with Crippen LogP contribution in [0.4, 0.5) is 20.5 Å². The number of aromatic nitrogens is 2. The number of nitrogens with zero attached hydrogens (tertiary/aromatic N) is 3. The summed E-state index contributed by atoms with van der Waals surface area (Å²) in [6.07, 6.45) is 4.17. The first-order valence-corrected chi connectivity index (χ1v) is 11.3. The van der Waals surface area contributed by atoms with Crippen LogP contribution in [0.25, 0.3) is 10.9 Å². The largest absolute Gasteiger partial charge is 0.362 e. The van der Waals surface area contributed by atoms with Gasteiger partial charge < -0.3 is 15.5 Å². The summed E-state index contributed by atoms with van der Waals surface area (Å²) in [5.74, 6) is -0.321. The number of carbonyl (C=O) groups excluding carboxylic acids is 1. The third-order valence-electron chi connectivity index (χ3n) is 6.06. The summed E-state index contributed by atoms with van der Waals surface area (Å²) in [6, 6.07) is 12.1. The van der Waals surface area contributed by atoms with Crippen molar-refractivity contribution in [3.63, 3.8) is 0 Å². The van der Waals surface area contributed by atoms with Gasteiger partial charge in [-0.05, 0) is 61.9 Å². The van der Waals surface area contributed by atoms with Crippen LogP contribution in [-0.2, 0) is 11.2 Å². The first kappa shape index (κ1) is 25.6. The standard InChI is InChI=1S/C25H29F2N5O.ClH/c1-32(2)24-19-5-3-4-6-22(19)30-25(31-24)29-18-11-9-17(10-12-18)28-23(33)14-8-16-7-13-20(26)21(27)15-16;/h3-7,13,15,17-18H,8-12,14H2,1-2H3,(H,28,33)(H,29,30,31);1H. The van der Waals surface area contributed by atoms with Crippen molar-refractivity contribution in [2.45, 2.75) is 50.6 Å². The molecule has 0 saturated heterocycles. The van der Waals surface area contributed by atoms with Crippen LogP contribution in [-0.4, -0.2) is 42.1 Å². The normalized spacial score (nSPS) is 17.6. The molecule has 0 spiro atoms. The maximum Gasteiger partial charge on any atom is 0.225 e. The molecule has 1 heterocycles. The Morgan fingerprint density at radius 2 is 1.71 bits per heavy atom. The van der Waals surface area contributed by atoms with Gasteiger partial charge in [0.1, 0.15) is 5.82 Å². The second-order valence-electron chi connectivity index (χ2n) is 8.79. The van der Waals surface area contributed by atoms with E-state index in [2.05, 4.69) is 15.6 Å². The van der Waals surface area contributed by atoms with Crippen LogP contribution in [0.3, 0.4) is 0 Å². The zero-order valence-corrected chi connectivity index (χ0v) is 20.2. The van der Waals surface area contributed by atoms with Crippen LogP contribution in [0.15, 0.2) is 42.5 Å². The fraction of sp³-hybridized carbons (Fsp3) is 0.400. The van der Waals surface area contributed by atoms with E-state index < -0.39 is 11.6 Å². The van der Waals surface area contributed by atoms with Gasteiger partial charge in [0.05, 0.1) is 5.52 Å². The average Bonchev–Trinajstić information content (AvgIpc) is 2.80. The molecule has 1 aliphatic rings. The molecule has 1 amide bonds. The molecule has 9 heteroatoms. The van der Waals surface area contributed by atoms with E-state index in [-0.39, 0.29) is 36.8 Å². The Morgan fingerprint density at radius 3 is 2.41 bits per heavy atom. The molecule has 1 saturated carbocycles. The molecule has 182 valence electrons. The van der Waals surface area contributed by atoms with Crippen LogP contribution in [0, 0.1) is 11.6 Å². The molecule has 1 fully saturated rings. The van der Waals surface area contributed by atoms with Gasteiger partial charge in [-0.1, -0.05) is 18.2 Å². The van der Waals surface area contributed by atoms with Crippen LogP contribution < -0.4 is 15.5 Å². The number of carbonyl (C=O) groups is 1. The minimum Gasteiger partial charge on any atom is -0.362 e. The molecule has 2 N–H and O–H groups in total. The minimum atomic E-state index is -0.883. The molecule has 34 heavy (non-hydrogen) atoms. The van der Waals surface area contributed by atoms with Crippen molar-refractivity contribution in [2.24, 2.45) is 0 Å². The number of benzene rings is 2. The molecule has 0 bridgehead atoms. The van der Waals surface area contributed by atoms with Crippen LogP contribution in [0.1, 0.15) is 37.7 Å². The first-order chi connectivity index (χ1) is 15.9. The Hall–Kier alpha value is -3.00. The molecule has 3 aromatic rings. The van der Waals surface area contributed by atoms with Crippen LogP contribution >= 0.6 is 12.4 Å². The summed E-state index contributed by atoms with van der Waals surface area (Å²) in [5.41, 5.74) is 1.52. The highest BCUT2D eigenvalue weighted by Gasteiger charge is 2.23. The van der Waals surface area contributed by atoms with Gasteiger partial charge in [-0.15, -0.1) is 12.4 Å². The van der Waals surface area contributed by atoms with E-state index in [0.717, 1.165) is 54.5 Å². The minimum absolute atomic E-state index is 0. The highest BCUT2D eigenvalue weighted by atomic mass is 35.5. The zero-order valence-electron chi connectivity index (χ0n) is 19.4. The lowest BCUT2D eigenvalue weighted by Gasteiger charge is -2.30. The third-order valence-corrected chi connectivity index (χ3v) is 6.06. The summed E-state index contributed by atoms with van der Waals surface area (Å²) < 4.78 is 26.3. The second-order valence-corrected chi connectivity index (χ2v) is 8.79. The lowest BCUT2D eigenvalue weighted by atomic mass is 9.91. The molecular weight excluding hydrogens is 460 g/mol. The number of nitrogens with one attached hydrogen (secondary N) is 2. The second kappa shape index (κ2) is 11.4. The van der Waals surface area contributed by atoms with Crippen molar-refractivity contribution in [1.82, 2.24) is 15.3 Å². The van der Waals surface area contributed by atoms with Gasteiger partial charge in [-0.2, -0.15) is 4.98 Å². The van der Waals surface area contributed by atoms with Gasteiger partial charge in [0, 0.05) is 38.0 Å². The number of aryl methyl sites for hydroxylation is 1. The molecule has 0 unspecified atom stereocenters. The Kier molecular flexibility index (Phi) is 8.61. The van der Waals surface area contributed by atoms with E-state index in [1.165, 1.54) is 6.07 Å². The number of halogens is 3. The van der Waals surface area contributed by atoms with Crippen molar-refractivity contribution in [3.05, 3.63) is 59.7 Å². The summed E-state index contributed by atoms with van der Waals surface area (Å²) in [7, 11) is 3.94. The number of anilines is 2. The van der Waals surface area contributed by atoms with Gasteiger partial charge in [-0.3, -0.25) is 4.79 Å². The lowest BCUT2D eigenvalue weighted by molar-refractivity contribution is -0.122. The van der Waals surface area contributed by atoms with Crippen molar-refractivity contribution in [1.29, 1.82) is 0 Å². The van der Waals surface area contributed by atoms with Crippen molar-refractivity contribution >= 4 is 41.0 Å². The van der Waals surface area contributed by atoms with Crippen LogP contribution in [0.5, 0.6) is 0 Å². The summed E-state index contributed by atoms with van der Waals surface area (Å²) in [6.45, 7) is 0. The molecule has 0 atom stereocenters. The van der Waals surface area contributed by atoms with Gasteiger partial charge in [-0.25, -0.2) is 13.8 Å². The van der Waals surface area contributed by atoms with E-state index in [9.17, 15) is 13.6 Å². The summed E-state index contributed by atoms with van der Waals surface area (Å²) in [4.78, 5) is 23.7. The molecule has 0 radical (unpaired) electrons. The predicted molar refractivity (Wildman–Crippen MR) is 134 cm³/mol. The summed E-state index contributed by atoms with van der Waals surface area (Å²) in [5, 5.41) is 7.56. The average molecular weight is 490 g/mol. The molecule has 6 nitrogen and oxygen atoms in total. The SMILES string of the molecule is CN(C)c1nc(NC2CCC(NC(=O)CCc3ccc(F)c(F)c3)CC2)nc2ccccc12.Cl. The maximum atomic E-state index is 13.3. The van der Waals surface area contributed by atoms with E-state index in [1.807, 2.05) is 43.3 Å². The topological polar surface area (TPSA) is 70.2 Å². The highest BCUT2D eigenvalue weighted by molar-refractivity contribution is 5.90. The molecule has 1 aromatic heterocycles. The number of para-hydroxylation sites is 1. The number of fused-ring (bicyclic) bond motifs is 1. The molecule has 1 aliphatic carbocycles. The Labute approximate surface area is 204 Å². The monoisotopic (exact) mass is 489 g/mol. The fourth-order valence-electron chi connectivity index (χ4n) is 4.28. The zero-order chi connectivity index (χ0) is 23.4. The van der Waals surface area contributed by atoms with E-state index in [0.29, 0.717) is 17.9 Å². The Balaban J connectivity index is 0.00000324. The van der Waals surface area contributed by atoms with E-state index in [4.69, 9.17) is 4.98 Å². The van der Waals surface area contributed by atoms with Crippen molar-refractivity contribution in [2.75, 3.05) is 24.3 Å². The van der Waals surface area contributed by atoms with Gasteiger partial charge in [0.15, 0.2) is 11.6 Å². The molecule has 4 rings (SSSR count). The fourth-order valence-corrected chi connectivity index (χ4v) is 4.28. The van der Waals surface area contributed by atoms with Gasteiger partial charge >= 0.3 is 0 Å². The quantitative estimate of drug-likeness (QED) is 0.495. The maximum absolute atomic E-state index is 13.3. The number of hydrogen-bond donors (Lipinski definition) is 2. The van der Waals surface area contributed by atoms with Gasteiger partial charge in [0.2, 0.25) is 11.9 Å². The third kappa shape index (κ3) is 6.32. The van der Waals surface area contributed by atoms with Gasteiger partial charge in [0.25, 0.3) is 0 Å². The Bertz CT molecular complexity index is 1140. The predicted octanol–water partition coefficient (Wildman–Crippen LogP) is 4.87. The highest BCUT2D eigenvalue weighted by Crippen LogP contribution is 2.26. The summed E-state index contributed by atoms with van der Waals surface area (Å²) >= 11 is 0. The Morgan fingerprint density at radius 1 is 1.00 bits per heavy atom. The number of hydrogen-bond acceptors (Lipinski definition) is 5. The lowest BCUT2D eigenvalue weighted by Crippen LogP contribution is -2.40. The van der Waals surface area contributed by atoms with Crippen molar-refractivity contribution < 1.29 is 13.6 Å². The number of rotatable bonds is 7.